The van der Waals surface area contributed by atoms with Gasteiger partial charge < -0.3 is 0 Å². The Morgan fingerprint density at radius 1 is 1.15 bits per heavy atom. The SMILES string of the molecule is CCCC(=O)c1ccn(S(=O)(=O)c2ccccc2)c1C. The van der Waals surface area contributed by atoms with Gasteiger partial charge in [0.1, 0.15) is 0 Å². The van der Waals surface area contributed by atoms with E-state index in [2.05, 4.69) is 0 Å². The second-order valence-electron chi connectivity index (χ2n) is 4.60. The molecule has 1 aromatic heterocycles. The first-order valence-corrected chi connectivity index (χ1v) is 7.94. The Morgan fingerprint density at radius 3 is 2.40 bits per heavy atom. The van der Waals surface area contributed by atoms with Crippen LogP contribution in [0.2, 0.25) is 0 Å². The molecule has 0 saturated heterocycles. The molecule has 2 aromatic rings. The molecule has 0 fully saturated rings. The van der Waals surface area contributed by atoms with Gasteiger partial charge in [0.25, 0.3) is 10.0 Å². The smallest absolute Gasteiger partial charge is 0.267 e. The van der Waals surface area contributed by atoms with Crippen molar-refractivity contribution in [2.75, 3.05) is 0 Å². The van der Waals surface area contributed by atoms with Crippen LogP contribution < -0.4 is 0 Å². The molecule has 0 spiro atoms. The van der Waals surface area contributed by atoms with E-state index in [1.807, 2.05) is 6.92 Å². The number of rotatable bonds is 5. The molecule has 0 aliphatic heterocycles. The Hall–Kier alpha value is -1.88. The van der Waals surface area contributed by atoms with Crippen LogP contribution in [0.4, 0.5) is 0 Å². The van der Waals surface area contributed by atoms with E-state index in [1.54, 1.807) is 43.3 Å². The molecule has 0 radical (unpaired) electrons. The Morgan fingerprint density at radius 2 is 1.80 bits per heavy atom. The van der Waals surface area contributed by atoms with Crippen molar-refractivity contribution in [1.82, 2.24) is 3.97 Å². The Labute approximate surface area is 119 Å². The highest BCUT2D eigenvalue weighted by Gasteiger charge is 2.21. The molecular weight excluding hydrogens is 274 g/mol. The van der Waals surface area contributed by atoms with E-state index in [0.717, 1.165) is 6.42 Å². The van der Waals surface area contributed by atoms with Gasteiger partial charge in [0, 0.05) is 23.9 Å². The van der Waals surface area contributed by atoms with Crippen molar-refractivity contribution in [3.63, 3.8) is 0 Å². The molecule has 5 heteroatoms. The topological polar surface area (TPSA) is 56.1 Å². The summed E-state index contributed by atoms with van der Waals surface area (Å²) in [7, 11) is -3.63. The molecule has 4 nitrogen and oxygen atoms in total. The number of aromatic nitrogens is 1. The number of carbonyl (C=O) groups excluding carboxylic acids is 1. The number of Topliss-reactive ketones (excluding diaryl/α,β-unsaturated/α-hetero) is 1. The quantitative estimate of drug-likeness (QED) is 0.796. The van der Waals surface area contributed by atoms with Crippen molar-refractivity contribution in [3.8, 4) is 0 Å². The van der Waals surface area contributed by atoms with E-state index in [0.29, 0.717) is 17.7 Å². The van der Waals surface area contributed by atoms with Crippen molar-refractivity contribution in [2.24, 2.45) is 0 Å². The van der Waals surface area contributed by atoms with Crippen molar-refractivity contribution in [1.29, 1.82) is 0 Å². The standard InChI is InChI=1S/C15H17NO3S/c1-3-7-15(17)14-10-11-16(12(14)2)20(18,19)13-8-5-4-6-9-13/h4-6,8-11H,3,7H2,1-2H3. The molecule has 106 valence electrons. The Kier molecular flexibility index (Phi) is 4.09. The molecule has 0 saturated carbocycles. The normalized spacial score (nSPS) is 11.5. The van der Waals surface area contributed by atoms with Gasteiger partial charge in [-0.25, -0.2) is 12.4 Å². The summed E-state index contributed by atoms with van der Waals surface area (Å²) in [6, 6.07) is 9.78. The molecule has 0 atom stereocenters. The highest BCUT2D eigenvalue weighted by molar-refractivity contribution is 7.90. The van der Waals surface area contributed by atoms with Gasteiger partial charge >= 0.3 is 0 Å². The average molecular weight is 291 g/mol. The van der Waals surface area contributed by atoms with E-state index in [1.165, 1.54) is 10.2 Å². The molecular formula is C15H17NO3S. The van der Waals surface area contributed by atoms with Gasteiger partial charge in [-0.05, 0) is 31.5 Å². The molecule has 1 heterocycles. The number of carbonyl (C=O) groups is 1. The van der Waals surface area contributed by atoms with E-state index >= 15 is 0 Å². The van der Waals surface area contributed by atoms with Crippen LogP contribution in [0.3, 0.4) is 0 Å². The van der Waals surface area contributed by atoms with Crippen LogP contribution in [-0.4, -0.2) is 18.2 Å². The first-order chi connectivity index (χ1) is 9.48. The lowest BCUT2D eigenvalue weighted by atomic mass is 10.1. The predicted octanol–water partition coefficient (Wildman–Crippen LogP) is 3.02. The summed E-state index contributed by atoms with van der Waals surface area (Å²) in [4.78, 5) is 12.2. The van der Waals surface area contributed by atoms with Crippen molar-refractivity contribution >= 4 is 15.8 Å². The molecule has 0 aliphatic carbocycles. The van der Waals surface area contributed by atoms with Crippen molar-refractivity contribution in [3.05, 3.63) is 53.9 Å². The van der Waals surface area contributed by atoms with E-state index in [9.17, 15) is 13.2 Å². The monoisotopic (exact) mass is 291 g/mol. The first-order valence-electron chi connectivity index (χ1n) is 6.50. The van der Waals surface area contributed by atoms with Crippen LogP contribution in [0, 0.1) is 6.92 Å². The molecule has 2 rings (SSSR count). The highest BCUT2D eigenvalue weighted by atomic mass is 32.2. The Bertz CT molecular complexity index is 715. The maximum Gasteiger partial charge on any atom is 0.267 e. The lowest BCUT2D eigenvalue weighted by molar-refractivity contribution is 0.0981. The van der Waals surface area contributed by atoms with Crippen LogP contribution >= 0.6 is 0 Å². The largest absolute Gasteiger partial charge is 0.294 e. The molecule has 20 heavy (non-hydrogen) atoms. The number of hydrogen-bond donors (Lipinski definition) is 0. The molecule has 0 aliphatic rings. The number of ketones is 1. The fourth-order valence-corrected chi connectivity index (χ4v) is 3.52. The molecule has 0 bridgehead atoms. The predicted molar refractivity (Wildman–Crippen MR) is 77.4 cm³/mol. The van der Waals surface area contributed by atoms with Gasteiger partial charge in [0.15, 0.2) is 5.78 Å². The maximum absolute atomic E-state index is 12.5. The lowest BCUT2D eigenvalue weighted by Crippen LogP contribution is -2.14. The zero-order valence-electron chi connectivity index (χ0n) is 11.5. The number of hydrogen-bond acceptors (Lipinski definition) is 3. The summed E-state index contributed by atoms with van der Waals surface area (Å²) in [6.45, 7) is 3.58. The summed E-state index contributed by atoms with van der Waals surface area (Å²) < 4.78 is 26.2. The second kappa shape index (κ2) is 5.63. The van der Waals surface area contributed by atoms with Crippen molar-refractivity contribution in [2.45, 2.75) is 31.6 Å². The molecule has 0 amide bonds. The third-order valence-electron chi connectivity index (χ3n) is 3.17. The number of benzene rings is 1. The van der Waals surface area contributed by atoms with E-state index in [-0.39, 0.29) is 10.7 Å². The van der Waals surface area contributed by atoms with Gasteiger partial charge in [-0.15, -0.1) is 0 Å². The van der Waals surface area contributed by atoms with Gasteiger partial charge in [0.05, 0.1) is 4.90 Å². The summed E-state index contributed by atoms with van der Waals surface area (Å²) in [5, 5.41) is 0. The lowest BCUT2D eigenvalue weighted by Gasteiger charge is -2.08. The minimum absolute atomic E-state index is 0.0213. The number of nitrogens with zero attached hydrogens (tertiary/aromatic N) is 1. The fraction of sp³-hybridized carbons (Fsp3) is 0.267. The molecule has 0 unspecified atom stereocenters. The third kappa shape index (κ3) is 2.54. The fourth-order valence-electron chi connectivity index (χ4n) is 2.12. The Balaban J connectivity index is 2.47. The minimum atomic E-state index is -3.63. The summed E-state index contributed by atoms with van der Waals surface area (Å²) >= 11 is 0. The molecule has 1 aromatic carbocycles. The summed E-state index contributed by atoms with van der Waals surface area (Å²) in [5.74, 6) is -0.0213. The van der Waals surface area contributed by atoms with Gasteiger partial charge in [-0.2, -0.15) is 0 Å². The van der Waals surface area contributed by atoms with Crippen LogP contribution in [-0.2, 0) is 10.0 Å². The molecule has 0 N–H and O–H groups in total. The maximum atomic E-state index is 12.5. The minimum Gasteiger partial charge on any atom is -0.294 e. The van der Waals surface area contributed by atoms with E-state index in [4.69, 9.17) is 0 Å². The van der Waals surface area contributed by atoms with Gasteiger partial charge in [-0.1, -0.05) is 25.1 Å². The van der Waals surface area contributed by atoms with Crippen LogP contribution in [0.5, 0.6) is 0 Å². The van der Waals surface area contributed by atoms with Crippen LogP contribution in [0.1, 0.15) is 35.8 Å². The van der Waals surface area contributed by atoms with Crippen LogP contribution in [0.15, 0.2) is 47.5 Å². The zero-order valence-corrected chi connectivity index (χ0v) is 12.4. The van der Waals surface area contributed by atoms with E-state index < -0.39 is 10.0 Å². The second-order valence-corrected chi connectivity index (χ2v) is 6.42. The van der Waals surface area contributed by atoms with Gasteiger partial charge in [-0.3, -0.25) is 4.79 Å². The van der Waals surface area contributed by atoms with Crippen molar-refractivity contribution < 1.29 is 13.2 Å². The first kappa shape index (κ1) is 14.5. The third-order valence-corrected chi connectivity index (χ3v) is 4.96. The van der Waals surface area contributed by atoms with Gasteiger partial charge in [0.2, 0.25) is 0 Å². The zero-order chi connectivity index (χ0) is 14.8. The average Bonchev–Trinajstić information content (AvgIpc) is 2.82. The van der Waals surface area contributed by atoms with Crippen LogP contribution in [0.25, 0.3) is 0 Å². The highest BCUT2D eigenvalue weighted by Crippen LogP contribution is 2.20. The summed E-state index contributed by atoms with van der Waals surface area (Å²) in [6.07, 6.45) is 2.62. The summed E-state index contributed by atoms with van der Waals surface area (Å²) in [5.41, 5.74) is 0.943.